The Kier molecular flexibility index (Phi) is 8.09. The van der Waals surface area contributed by atoms with Crippen molar-refractivity contribution in [1.82, 2.24) is 9.78 Å². The van der Waals surface area contributed by atoms with Crippen LogP contribution in [0.1, 0.15) is 69.6 Å². The van der Waals surface area contributed by atoms with Crippen molar-refractivity contribution in [3.8, 4) is 6.07 Å². The molecule has 0 radical (unpaired) electrons. The SMILES string of the molecule is CCn1nc(C)c(C)c1/C(OCOC(=O)OC(C)C)=C(\C#N)c1ccc(C(C)(C)C)cc1. The van der Waals surface area contributed by atoms with Crippen LogP contribution in [0.15, 0.2) is 24.3 Å². The molecule has 0 amide bonds. The summed E-state index contributed by atoms with van der Waals surface area (Å²) in [6.07, 6.45) is -1.13. The summed E-state index contributed by atoms with van der Waals surface area (Å²) in [6.45, 7) is 15.9. The highest BCUT2D eigenvalue weighted by atomic mass is 16.8. The molecule has 0 spiro atoms. The Hall–Kier alpha value is -3.27. The lowest BCUT2D eigenvalue weighted by molar-refractivity contribution is -0.0171. The van der Waals surface area contributed by atoms with E-state index in [0.717, 1.165) is 16.8 Å². The first kappa shape index (κ1) is 25.0. The average molecular weight is 440 g/mol. The number of aryl methyl sites for hydroxylation is 2. The zero-order valence-electron chi connectivity index (χ0n) is 20.3. The van der Waals surface area contributed by atoms with Gasteiger partial charge < -0.3 is 14.2 Å². The quantitative estimate of drug-likeness (QED) is 0.236. The van der Waals surface area contributed by atoms with E-state index in [1.54, 1.807) is 18.5 Å². The third-order valence-corrected chi connectivity index (χ3v) is 5.03. The highest BCUT2D eigenvalue weighted by Gasteiger charge is 2.23. The molecule has 2 aromatic rings. The molecular weight excluding hydrogens is 406 g/mol. The van der Waals surface area contributed by atoms with Gasteiger partial charge in [-0.25, -0.2) is 4.79 Å². The number of nitriles is 1. The molecule has 1 aromatic carbocycles. The smallest absolute Gasteiger partial charge is 0.454 e. The van der Waals surface area contributed by atoms with E-state index in [2.05, 4.69) is 31.9 Å². The number of carbonyl (C=O) groups excluding carboxylic acids is 1. The van der Waals surface area contributed by atoms with Gasteiger partial charge >= 0.3 is 6.16 Å². The fourth-order valence-corrected chi connectivity index (χ4v) is 3.19. The summed E-state index contributed by atoms with van der Waals surface area (Å²) in [5, 5.41) is 14.6. The fourth-order valence-electron chi connectivity index (χ4n) is 3.19. The van der Waals surface area contributed by atoms with Gasteiger partial charge in [0.25, 0.3) is 0 Å². The maximum Gasteiger partial charge on any atom is 0.511 e. The molecule has 0 fully saturated rings. The molecule has 7 nitrogen and oxygen atoms in total. The zero-order valence-corrected chi connectivity index (χ0v) is 20.3. The van der Waals surface area contributed by atoms with Crippen LogP contribution >= 0.6 is 0 Å². The fraction of sp³-hybridized carbons (Fsp3) is 0.480. The van der Waals surface area contributed by atoms with Gasteiger partial charge in [-0.1, -0.05) is 45.0 Å². The number of hydrogen-bond donors (Lipinski definition) is 0. The maximum absolute atomic E-state index is 11.8. The second-order valence-electron chi connectivity index (χ2n) is 8.84. The van der Waals surface area contributed by atoms with Crippen molar-refractivity contribution in [2.75, 3.05) is 6.79 Å². The topological polar surface area (TPSA) is 86.4 Å². The number of rotatable bonds is 7. The molecule has 0 saturated carbocycles. The molecule has 0 aliphatic heterocycles. The molecule has 32 heavy (non-hydrogen) atoms. The number of benzene rings is 1. The minimum Gasteiger partial charge on any atom is -0.454 e. The van der Waals surface area contributed by atoms with E-state index in [4.69, 9.17) is 14.2 Å². The lowest BCUT2D eigenvalue weighted by Crippen LogP contribution is -2.15. The van der Waals surface area contributed by atoms with Crippen LogP contribution in [0.5, 0.6) is 0 Å². The third kappa shape index (κ3) is 5.91. The first-order valence-electron chi connectivity index (χ1n) is 10.7. The molecule has 0 aliphatic carbocycles. The minimum atomic E-state index is -0.829. The van der Waals surface area contributed by atoms with Gasteiger partial charge in [-0.05, 0) is 51.2 Å². The van der Waals surface area contributed by atoms with Crippen LogP contribution in [-0.4, -0.2) is 28.8 Å². The van der Waals surface area contributed by atoms with Crippen LogP contribution in [0.25, 0.3) is 11.3 Å². The van der Waals surface area contributed by atoms with E-state index in [0.29, 0.717) is 29.1 Å². The van der Waals surface area contributed by atoms with Gasteiger partial charge in [0.1, 0.15) is 17.3 Å². The zero-order chi connectivity index (χ0) is 24.1. The summed E-state index contributed by atoms with van der Waals surface area (Å²) in [7, 11) is 0. The Balaban J connectivity index is 2.54. The van der Waals surface area contributed by atoms with Crippen LogP contribution in [-0.2, 0) is 26.2 Å². The lowest BCUT2D eigenvalue weighted by atomic mass is 9.86. The molecule has 1 heterocycles. The molecule has 0 saturated heterocycles. The number of ether oxygens (including phenoxy) is 3. The van der Waals surface area contributed by atoms with Crippen molar-refractivity contribution in [3.05, 3.63) is 52.3 Å². The Morgan fingerprint density at radius 3 is 2.28 bits per heavy atom. The van der Waals surface area contributed by atoms with E-state index in [-0.39, 0.29) is 18.3 Å². The van der Waals surface area contributed by atoms with E-state index >= 15 is 0 Å². The first-order valence-corrected chi connectivity index (χ1v) is 10.7. The number of nitrogens with zero attached hydrogens (tertiary/aromatic N) is 3. The second kappa shape index (κ2) is 10.4. The molecule has 0 unspecified atom stereocenters. The van der Waals surface area contributed by atoms with Crippen LogP contribution in [0.2, 0.25) is 0 Å². The molecule has 0 aliphatic rings. The Morgan fingerprint density at radius 1 is 1.16 bits per heavy atom. The van der Waals surface area contributed by atoms with Crippen LogP contribution in [0.4, 0.5) is 4.79 Å². The summed E-state index contributed by atoms with van der Waals surface area (Å²) in [5.74, 6) is 0.313. The molecule has 0 N–H and O–H groups in total. The molecular formula is C25H33N3O4. The largest absolute Gasteiger partial charge is 0.511 e. The van der Waals surface area contributed by atoms with Crippen LogP contribution in [0, 0.1) is 25.2 Å². The molecule has 172 valence electrons. The lowest BCUT2D eigenvalue weighted by Gasteiger charge is -2.19. The van der Waals surface area contributed by atoms with Crippen molar-refractivity contribution in [2.45, 2.75) is 73.5 Å². The maximum atomic E-state index is 11.8. The van der Waals surface area contributed by atoms with Gasteiger partial charge in [-0.15, -0.1) is 0 Å². The summed E-state index contributed by atoms with van der Waals surface area (Å²) in [5.41, 5.74) is 4.61. The number of carbonyl (C=O) groups is 1. The monoisotopic (exact) mass is 439 g/mol. The van der Waals surface area contributed by atoms with Gasteiger partial charge in [-0.3, -0.25) is 4.68 Å². The molecule has 7 heteroatoms. The predicted molar refractivity (Wildman–Crippen MR) is 124 cm³/mol. The van der Waals surface area contributed by atoms with Crippen molar-refractivity contribution < 1.29 is 19.0 Å². The van der Waals surface area contributed by atoms with Crippen LogP contribution < -0.4 is 0 Å². The normalized spacial score (nSPS) is 12.2. The summed E-state index contributed by atoms with van der Waals surface area (Å²) < 4.78 is 17.7. The molecule has 1 aromatic heterocycles. The van der Waals surface area contributed by atoms with Crippen molar-refractivity contribution in [3.63, 3.8) is 0 Å². The van der Waals surface area contributed by atoms with Crippen molar-refractivity contribution in [1.29, 1.82) is 5.26 Å². The van der Waals surface area contributed by atoms with E-state index in [9.17, 15) is 10.1 Å². The standard InChI is InChI=1S/C25H33N3O4/c1-9-28-22(17(4)18(5)27-28)23(30-15-31-24(29)32-16(2)3)21(14-26)19-10-12-20(13-11-19)25(6,7)8/h10-13,16H,9,15H2,1-8H3/b23-21-. The predicted octanol–water partition coefficient (Wildman–Crippen LogP) is 5.74. The van der Waals surface area contributed by atoms with E-state index < -0.39 is 6.16 Å². The molecule has 0 atom stereocenters. The van der Waals surface area contributed by atoms with E-state index in [1.165, 1.54) is 0 Å². The summed E-state index contributed by atoms with van der Waals surface area (Å²) >= 11 is 0. The van der Waals surface area contributed by atoms with Crippen molar-refractivity contribution in [2.24, 2.45) is 0 Å². The van der Waals surface area contributed by atoms with Crippen LogP contribution in [0.3, 0.4) is 0 Å². The highest BCUT2D eigenvalue weighted by Crippen LogP contribution is 2.32. The van der Waals surface area contributed by atoms with Gasteiger partial charge in [0, 0.05) is 12.1 Å². The summed E-state index contributed by atoms with van der Waals surface area (Å²) in [6, 6.07) is 10.1. The van der Waals surface area contributed by atoms with E-state index in [1.807, 2.05) is 45.0 Å². The number of allylic oxidation sites excluding steroid dienone is 1. The average Bonchev–Trinajstić information content (AvgIpc) is 3.00. The van der Waals surface area contributed by atoms with Gasteiger partial charge in [0.05, 0.1) is 11.8 Å². The van der Waals surface area contributed by atoms with Gasteiger partial charge in [0.2, 0.25) is 6.79 Å². The van der Waals surface area contributed by atoms with Gasteiger partial charge in [0.15, 0.2) is 5.76 Å². The Labute approximate surface area is 190 Å². The van der Waals surface area contributed by atoms with Crippen molar-refractivity contribution >= 4 is 17.5 Å². The first-order chi connectivity index (χ1) is 15.0. The number of aromatic nitrogens is 2. The Bertz CT molecular complexity index is 1020. The third-order valence-electron chi connectivity index (χ3n) is 5.03. The highest BCUT2D eigenvalue weighted by molar-refractivity contribution is 5.94. The molecule has 2 rings (SSSR count). The minimum absolute atomic E-state index is 0.00642. The number of hydrogen-bond acceptors (Lipinski definition) is 6. The van der Waals surface area contributed by atoms with Gasteiger partial charge in [-0.2, -0.15) is 10.4 Å². The second-order valence-corrected chi connectivity index (χ2v) is 8.84. The summed E-state index contributed by atoms with van der Waals surface area (Å²) in [4.78, 5) is 11.8. The Morgan fingerprint density at radius 2 is 1.78 bits per heavy atom. The molecule has 0 bridgehead atoms.